The van der Waals surface area contributed by atoms with E-state index in [4.69, 9.17) is 14.2 Å². The van der Waals surface area contributed by atoms with Crippen molar-refractivity contribution in [2.24, 2.45) is 16.8 Å². The van der Waals surface area contributed by atoms with E-state index in [9.17, 15) is 4.79 Å². The van der Waals surface area contributed by atoms with Gasteiger partial charge in [0.2, 0.25) is 0 Å². The van der Waals surface area contributed by atoms with Gasteiger partial charge in [-0.1, -0.05) is 26.8 Å². The van der Waals surface area contributed by atoms with E-state index in [2.05, 4.69) is 40.9 Å². The third-order valence-corrected chi connectivity index (χ3v) is 5.87. The van der Waals surface area contributed by atoms with E-state index in [0.717, 1.165) is 49.2 Å². The molecule has 2 atom stereocenters. The molecule has 0 amide bonds. The van der Waals surface area contributed by atoms with Gasteiger partial charge in [0.15, 0.2) is 17.5 Å². The molecule has 1 fully saturated rings. The number of nitrogens with one attached hydrogen (secondary N) is 1. The van der Waals surface area contributed by atoms with Gasteiger partial charge in [0.05, 0.1) is 20.1 Å². The Morgan fingerprint density at radius 3 is 2.58 bits per heavy atom. The second-order valence-corrected chi connectivity index (χ2v) is 7.77. The molecule has 2 unspecified atom stereocenters. The number of hydrogen-bond acceptors (Lipinski definition) is 6. The topological polar surface area (TPSA) is 75.6 Å². The van der Waals surface area contributed by atoms with Gasteiger partial charge in [0.1, 0.15) is 6.61 Å². The number of guanidine groups is 1. The highest BCUT2D eigenvalue weighted by Gasteiger charge is 2.36. The van der Waals surface area contributed by atoms with Crippen LogP contribution in [0.5, 0.6) is 11.5 Å². The maximum Gasteiger partial charge on any atom is 0.310 e. The summed E-state index contributed by atoms with van der Waals surface area (Å²) in [6.45, 7) is 11.9. The molecule has 1 N–H and O–H groups in total. The number of likely N-dealkylation sites (N-methyl/N-ethyl adjacent to an activating group) is 1. The fourth-order valence-electron chi connectivity index (χ4n) is 3.88. The molecule has 1 aromatic carbocycles. The summed E-state index contributed by atoms with van der Waals surface area (Å²) in [6.07, 6.45) is 0. The normalized spacial score (nSPS) is 18.9. The van der Waals surface area contributed by atoms with Gasteiger partial charge < -0.3 is 29.3 Å². The lowest BCUT2D eigenvalue weighted by molar-refractivity contribution is -0.145. The van der Waals surface area contributed by atoms with Gasteiger partial charge in [-0.15, -0.1) is 0 Å². The smallest absolute Gasteiger partial charge is 0.310 e. The number of rotatable bonds is 10. The minimum absolute atomic E-state index is 0.128. The van der Waals surface area contributed by atoms with Gasteiger partial charge in [-0.05, 0) is 36.7 Å². The Kier molecular flexibility index (Phi) is 9.91. The molecule has 1 heterocycles. The number of likely N-dealkylation sites (tertiary alicyclic amines) is 1. The van der Waals surface area contributed by atoms with Crippen LogP contribution in [-0.2, 0) is 16.1 Å². The zero-order chi connectivity index (χ0) is 22.8. The molecule has 31 heavy (non-hydrogen) atoms. The number of ether oxygens (including phenoxy) is 3. The van der Waals surface area contributed by atoms with Gasteiger partial charge >= 0.3 is 5.97 Å². The minimum Gasteiger partial charge on any atom is -0.493 e. The SMILES string of the molecule is CCN(CC)CCOc1ccc(CNC(=NC)N2CC(C)C(C(=O)OC)C2)cc1OC. The molecule has 0 bridgehead atoms. The van der Waals surface area contributed by atoms with Crippen molar-refractivity contribution in [2.45, 2.75) is 27.3 Å². The van der Waals surface area contributed by atoms with Crippen molar-refractivity contribution in [2.75, 3.05) is 60.6 Å². The Morgan fingerprint density at radius 2 is 1.97 bits per heavy atom. The van der Waals surface area contributed by atoms with Crippen molar-refractivity contribution in [3.63, 3.8) is 0 Å². The molecular formula is C23H38N4O4. The van der Waals surface area contributed by atoms with Gasteiger partial charge in [0, 0.05) is 33.2 Å². The van der Waals surface area contributed by atoms with Crippen LogP contribution in [0.15, 0.2) is 23.2 Å². The van der Waals surface area contributed by atoms with Crippen LogP contribution >= 0.6 is 0 Å². The third-order valence-electron chi connectivity index (χ3n) is 5.87. The lowest BCUT2D eigenvalue weighted by Gasteiger charge is -2.22. The van der Waals surface area contributed by atoms with Crippen LogP contribution in [0.4, 0.5) is 0 Å². The van der Waals surface area contributed by atoms with Crippen molar-refractivity contribution in [3.8, 4) is 11.5 Å². The van der Waals surface area contributed by atoms with Crippen molar-refractivity contribution in [1.29, 1.82) is 0 Å². The number of hydrogen-bond donors (Lipinski definition) is 1. The van der Waals surface area contributed by atoms with E-state index in [0.29, 0.717) is 19.7 Å². The fraction of sp³-hybridized carbons (Fsp3) is 0.652. The highest BCUT2D eigenvalue weighted by atomic mass is 16.5. The predicted octanol–water partition coefficient (Wildman–Crippen LogP) is 2.23. The van der Waals surface area contributed by atoms with Crippen LogP contribution in [0.1, 0.15) is 26.3 Å². The molecule has 8 nitrogen and oxygen atoms in total. The summed E-state index contributed by atoms with van der Waals surface area (Å²) in [5.74, 6) is 2.17. The first-order valence-electron chi connectivity index (χ1n) is 11.0. The molecule has 8 heteroatoms. The summed E-state index contributed by atoms with van der Waals surface area (Å²) in [5.41, 5.74) is 1.06. The van der Waals surface area contributed by atoms with Gasteiger partial charge in [-0.25, -0.2) is 0 Å². The van der Waals surface area contributed by atoms with Crippen LogP contribution in [0.25, 0.3) is 0 Å². The molecule has 0 aromatic heterocycles. The van der Waals surface area contributed by atoms with Crippen molar-refractivity contribution in [1.82, 2.24) is 15.1 Å². The lowest BCUT2D eigenvalue weighted by atomic mass is 9.99. The predicted molar refractivity (Wildman–Crippen MR) is 123 cm³/mol. The van der Waals surface area contributed by atoms with Gasteiger partial charge in [-0.3, -0.25) is 9.79 Å². The fourth-order valence-corrected chi connectivity index (χ4v) is 3.88. The Hall–Kier alpha value is -2.48. The summed E-state index contributed by atoms with van der Waals surface area (Å²) in [6, 6.07) is 5.96. The van der Waals surface area contributed by atoms with Crippen molar-refractivity contribution in [3.05, 3.63) is 23.8 Å². The highest BCUT2D eigenvalue weighted by Crippen LogP contribution is 2.28. The molecule has 174 valence electrons. The van der Waals surface area contributed by atoms with Crippen LogP contribution < -0.4 is 14.8 Å². The molecule has 0 spiro atoms. The average Bonchev–Trinajstić information content (AvgIpc) is 3.18. The maximum absolute atomic E-state index is 12.0. The van der Waals surface area contributed by atoms with E-state index >= 15 is 0 Å². The number of benzene rings is 1. The van der Waals surface area contributed by atoms with Gasteiger partial charge in [-0.2, -0.15) is 0 Å². The third kappa shape index (κ3) is 6.75. The Bertz CT molecular complexity index is 736. The monoisotopic (exact) mass is 434 g/mol. The number of carbonyl (C=O) groups excluding carboxylic acids is 1. The molecule has 2 rings (SSSR count). The second-order valence-electron chi connectivity index (χ2n) is 7.77. The van der Waals surface area contributed by atoms with Gasteiger partial charge in [0.25, 0.3) is 0 Å². The number of methoxy groups -OCH3 is 2. The highest BCUT2D eigenvalue weighted by molar-refractivity contribution is 5.82. The summed E-state index contributed by atoms with van der Waals surface area (Å²) in [5, 5.41) is 3.39. The number of carbonyl (C=O) groups is 1. The van der Waals surface area contributed by atoms with E-state index in [1.165, 1.54) is 7.11 Å². The number of esters is 1. The van der Waals surface area contributed by atoms with Crippen LogP contribution in [0.3, 0.4) is 0 Å². The first kappa shape index (κ1) is 24.8. The van der Waals surface area contributed by atoms with E-state index in [1.807, 2.05) is 18.2 Å². The molecular weight excluding hydrogens is 396 g/mol. The summed E-state index contributed by atoms with van der Waals surface area (Å²) in [7, 11) is 4.85. The average molecular weight is 435 g/mol. The molecule has 1 aromatic rings. The van der Waals surface area contributed by atoms with Crippen LogP contribution in [0, 0.1) is 11.8 Å². The largest absolute Gasteiger partial charge is 0.493 e. The standard InChI is InChI=1S/C23H38N4O4/c1-7-26(8-2)11-12-31-20-10-9-18(13-21(20)29-5)14-25-23(24-4)27-15-17(3)19(16-27)22(28)30-6/h9-10,13,17,19H,7-8,11-12,14-16H2,1-6H3,(H,24,25). The van der Waals surface area contributed by atoms with Crippen LogP contribution in [0.2, 0.25) is 0 Å². The summed E-state index contributed by atoms with van der Waals surface area (Å²) in [4.78, 5) is 20.8. The Morgan fingerprint density at radius 1 is 1.23 bits per heavy atom. The van der Waals surface area contributed by atoms with Crippen molar-refractivity contribution >= 4 is 11.9 Å². The lowest BCUT2D eigenvalue weighted by Crippen LogP contribution is -2.40. The summed E-state index contributed by atoms with van der Waals surface area (Å²) >= 11 is 0. The minimum atomic E-state index is -0.160. The van der Waals surface area contributed by atoms with E-state index in [1.54, 1.807) is 14.2 Å². The molecule has 1 aliphatic heterocycles. The number of aliphatic imine (C=N–C) groups is 1. The Labute approximate surface area is 186 Å². The summed E-state index contributed by atoms with van der Waals surface area (Å²) < 4.78 is 16.4. The molecule has 1 saturated heterocycles. The van der Waals surface area contributed by atoms with Crippen LogP contribution in [-0.4, -0.2) is 82.3 Å². The zero-order valence-corrected chi connectivity index (χ0v) is 19.8. The molecule has 0 radical (unpaired) electrons. The maximum atomic E-state index is 12.0. The first-order chi connectivity index (χ1) is 15.0. The van der Waals surface area contributed by atoms with E-state index in [-0.39, 0.29) is 17.8 Å². The molecule has 0 saturated carbocycles. The Balaban J connectivity index is 1.94. The number of nitrogens with zero attached hydrogens (tertiary/aromatic N) is 3. The second kappa shape index (κ2) is 12.4. The zero-order valence-electron chi connectivity index (χ0n) is 19.8. The quantitative estimate of drug-likeness (QED) is 0.344. The first-order valence-corrected chi connectivity index (χ1v) is 11.0. The van der Waals surface area contributed by atoms with E-state index < -0.39 is 0 Å². The van der Waals surface area contributed by atoms with Crippen molar-refractivity contribution < 1.29 is 19.0 Å². The molecule has 0 aliphatic carbocycles. The molecule has 1 aliphatic rings.